The summed E-state index contributed by atoms with van der Waals surface area (Å²) in [6.07, 6.45) is 7.08. The number of amides is 2. The number of rotatable bonds is 11. The molecule has 3 aliphatic carbocycles. The van der Waals surface area contributed by atoms with E-state index in [0.29, 0.717) is 66.2 Å². The van der Waals surface area contributed by atoms with Crippen molar-refractivity contribution in [3.05, 3.63) is 59.7 Å². The highest BCUT2D eigenvalue weighted by Gasteiger charge is 2.51. The first-order valence-electron chi connectivity index (χ1n) is 15.3. The van der Waals surface area contributed by atoms with Crippen LogP contribution in [0.4, 0.5) is 10.1 Å². The fraction of sp³-hybridized carbons (Fsp3) is 0.500. The van der Waals surface area contributed by atoms with Crippen molar-refractivity contribution in [2.24, 2.45) is 23.7 Å². The van der Waals surface area contributed by atoms with E-state index in [-0.39, 0.29) is 53.6 Å². The third-order valence-electron chi connectivity index (χ3n) is 9.25. The van der Waals surface area contributed by atoms with Crippen LogP contribution in [0.1, 0.15) is 73.4 Å². The number of hydrogen-bond donors (Lipinski definition) is 2. The normalized spacial score (nSPS) is 25.9. The van der Waals surface area contributed by atoms with Gasteiger partial charge in [0, 0.05) is 17.3 Å². The van der Waals surface area contributed by atoms with E-state index < -0.39 is 6.67 Å². The number of ether oxygens (including phenoxy) is 3. The molecule has 0 unspecified atom stereocenters. The largest absolute Gasteiger partial charge is 0.496 e. The Morgan fingerprint density at radius 1 is 1.02 bits per heavy atom. The van der Waals surface area contributed by atoms with Crippen LogP contribution in [0.15, 0.2) is 43.0 Å². The zero-order chi connectivity index (χ0) is 30.5. The molecule has 0 saturated heterocycles. The Hall–Kier alpha value is -3.88. The van der Waals surface area contributed by atoms with Crippen LogP contribution in [0.5, 0.6) is 11.5 Å². The number of methoxy groups -OCH3 is 1. The van der Waals surface area contributed by atoms with E-state index in [1.807, 2.05) is 6.92 Å². The van der Waals surface area contributed by atoms with E-state index in [9.17, 15) is 18.8 Å². The highest BCUT2D eigenvalue weighted by molar-refractivity contribution is 5.99. The summed E-state index contributed by atoms with van der Waals surface area (Å²) in [5, 5.41) is 6.12. The summed E-state index contributed by atoms with van der Waals surface area (Å²) in [5.41, 5.74) is 2.07. The van der Waals surface area contributed by atoms with Gasteiger partial charge in [0.1, 0.15) is 18.2 Å². The lowest BCUT2D eigenvalue weighted by Gasteiger charge is -2.31. The molecule has 0 radical (unpaired) electrons. The SMILES string of the molecule is C=Cc1cc(OC)c(C(=O)N[C@@H]2[C@H]3CC[C@H](C3)[C@@H]2C(=O)Nc2cccc(CF)c2)cc1O[C@H]1CC[C@@H](C(=O)OCC)CC1. The molecule has 4 atom stereocenters. The van der Waals surface area contributed by atoms with Crippen molar-refractivity contribution in [3.8, 4) is 11.5 Å². The highest BCUT2D eigenvalue weighted by atomic mass is 19.1. The maximum absolute atomic E-state index is 13.8. The average molecular weight is 593 g/mol. The number of benzene rings is 2. The molecule has 2 bridgehead atoms. The van der Waals surface area contributed by atoms with Crippen LogP contribution in [0.3, 0.4) is 0 Å². The second-order valence-corrected chi connectivity index (χ2v) is 11.8. The van der Waals surface area contributed by atoms with Gasteiger partial charge < -0.3 is 24.8 Å². The molecule has 0 heterocycles. The molecule has 3 saturated carbocycles. The standard InChI is InChI=1S/C34H41FN2O6/c1-4-21-17-29(41-3)27(18-28(21)43-26-13-11-22(12-14-26)34(40)42-5-2)32(38)37-31-24-10-9-23(16-24)30(31)33(39)36-25-8-6-7-20(15-25)19-35/h4,6-8,15,17-18,22-24,26,30-31H,1,5,9-14,16,19H2,2-3H3,(H,36,39)(H,37,38)/t22-,23-,24+,26+,30+,31-/m1/s1. The van der Waals surface area contributed by atoms with Gasteiger partial charge in [0.2, 0.25) is 5.91 Å². The quantitative estimate of drug-likeness (QED) is 0.306. The van der Waals surface area contributed by atoms with Gasteiger partial charge in [0.05, 0.1) is 37.2 Å². The van der Waals surface area contributed by atoms with E-state index in [1.54, 1.807) is 42.5 Å². The first-order valence-corrected chi connectivity index (χ1v) is 15.3. The molecular formula is C34H41FN2O6. The molecule has 0 aliphatic heterocycles. The number of nitrogens with one attached hydrogen (secondary N) is 2. The molecule has 43 heavy (non-hydrogen) atoms. The lowest BCUT2D eigenvalue weighted by Crippen LogP contribution is -2.48. The summed E-state index contributed by atoms with van der Waals surface area (Å²) in [5.74, 6) is 0.128. The molecule has 2 N–H and O–H groups in total. The van der Waals surface area contributed by atoms with Gasteiger partial charge in [-0.2, -0.15) is 0 Å². The van der Waals surface area contributed by atoms with Crippen LogP contribution in [-0.4, -0.2) is 43.6 Å². The zero-order valence-electron chi connectivity index (χ0n) is 24.9. The summed E-state index contributed by atoms with van der Waals surface area (Å²) in [7, 11) is 1.51. The van der Waals surface area contributed by atoms with E-state index in [2.05, 4.69) is 17.2 Å². The fourth-order valence-electron chi connectivity index (χ4n) is 7.10. The van der Waals surface area contributed by atoms with Gasteiger partial charge in [-0.25, -0.2) is 4.39 Å². The highest BCUT2D eigenvalue weighted by Crippen LogP contribution is 2.49. The van der Waals surface area contributed by atoms with Crippen molar-refractivity contribution >= 4 is 29.5 Å². The Morgan fingerprint density at radius 2 is 1.79 bits per heavy atom. The van der Waals surface area contributed by atoms with Gasteiger partial charge in [-0.15, -0.1) is 0 Å². The zero-order valence-corrected chi connectivity index (χ0v) is 24.9. The van der Waals surface area contributed by atoms with Gasteiger partial charge in [0.25, 0.3) is 5.91 Å². The van der Waals surface area contributed by atoms with Crippen LogP contribution < -0.4 is 20.1 Å². The number of alkyl halides is 1. The first kappa shape index (κ1) is 30.6. The van der Waals surface area contributed by atoms with E-state index in [4.69, 9.17) is 14.2 Å². The summed E-state index contributed by atoms with van der Waals surface area (Å²) in [6.45, 7) is 5.48. The van der Waals surface area contributed by atoms with Crippen molar-refractivity contribution in [3.63, 3.8) is 0 Å². The number of carbonyl (C=O) groups excluding carboxylic acids is 3. The lowest BCUT2D eigenvalue weighted by atomic mass is 9.83. The molecule has 2 aromatic rings. The van der Waals surface area contributed by atoms with Gasteiger partial charge in [-0.05, 0) is 93.5 Å². The van der Waals surface area contributed by atoms with Crippen molar-refractivity contribution in [2.45, 2.75) is 70.7 Å². The van der Waals surface area contributed by atoms with E-state index in [1.165, 1.54) is 7.11 Å². The van der Waals surface area contributed by atoms with Crippen LogP contribution in [0.25, 0.3) is 6.08 Å². The molecule has 2 amide bonds. The van der Waals surface area contributed by atoms with Crippen LogP contribution in [0.2, 0.25) is 0 Å². The Balaban J connectivity index is 1.31. The number of carbonyl (C=O) groups is 3. The van der Waals surface area contributed by atoms with Crippen LogP contribution >= 0.6 is 0 Å². The predicted molar refractivity (Wildman–Crippen MR) is 162 cm³/mol. The lowest BCUT2D eigenvalue weighted by molar-refractivity contribution is -0.149. The third-order valence-corrected chi connectivity index (χ3v) is 9.25. The molecule has 3 aliphatic rings. The summed E-state index contributed by atoms with van der Waals surface area (Å²) >= 11 is 0. The molecular weight excluding hydrogens is 551 g/mol. The van der Waals surface area contributed by atoms with Crippen molar-refractivity contribution in [1.82, 2.24) is 5.32 Å². The number of fused-ring (bicyclic) bond motifs is 2. The van der Waals surface area contributed by atoms with Gasteiger partial charge in [-0.1, -0.05) is 24.8 Å². The number of hydrogen-bond acceptors (Lipinski definition) is 6. The van der Waals surface area contributed by atoms with Gasteiger partial charge in [-0.3, -0.25) is 14.4 Å². The van der Waals surface area contributed by atoms with E-state index in [0.717, 1.165) is 19.3 Å². The number of anilines is 1. The van der Waals surface area contributed by atoms with Gasteiger partial charge in [0.15, 0.2) is 0 Å². The Kier molecular flexibility index (Phi) is 9.68. The van der Waals surface area contributed by atoms with Gasteiger partial charge >= 0.3 is 5.97 Å². The Morgan fingerprint density at radius 3 is 2.49 bits per heavy atom. The maximum Gasteiger partial charge on any atom is 0.308 e. The van der Waals surface area contributed by atoms with Crippen molar-refractivity contribution in [1.29, 1.82) is 0 Å². The molecule has 0 aromatic heterocycles. The fourth-order valence-corrected chi connectivity index (χ4v) is 7.10. The molecule has 3 fully saturated rings. The minimum absolute atomic E-state index is 0.108. The topological polar surface area (TPSA) is 103 Å². The second-order valence-electron chi connectivity index (χ2n) is 11.8. The monoisotopic (exact) mass is 592 g/mol. The molecule has 8 nitrogen and oxygen atoms in total. The van der Waals surface area contributed by atoms with E-state index >= 15 is 0 Å². The number of halogens is 1. The maximum atomic E-state index is 13.8. The van der Waals surface area contributed by atoms with Crippen molar-refractivity contribution < 1.29 is 33.0 Å². The Bertz CT molecular complexity index is 1350. The van der Waals surface area contributed by atoms with Crippen LogP contribution in [0, 0.1) is 23.7 Å². The summed E-state index contributed by atoms with van der Waals surface area (Å²) in [6, 6.07) is 9.87. The minimum Gasteiger partial charge on any atom is -0.496 e. The molecule has 9 heteroatoms. The summed E-state index contributed by atoms with van der Waals surface area (Å²) < 4.78 is 30.3. The second kappa shape index (κ2) is 13.6. The third kappa shape index (κ3) is 6.71. The summed E-state index contributed by atoms with van der Waals surface area (Å²) in [4.78, 5) is 39.4. The predicted octanol–water partition coefficient (Wildman–Crippen LogP) is 6.09. The molecule has 2 aromatic carbocycles. The van der Waals surface area contributed by atoms with Crippen LogP contribution in [-0.2, 0) is 21.0 Å². The molecule has 5 rings (SSSR count). The average Bonchev–Trinajstić information content (AvgIpc) is 3.63. The molecule has 0 spiro atoms. The number of esters is 1. The van der Waals surface area contributed by atoms with Crippen molar-refractivity contribution in [2.75, 3.05) is 19.0 Å². The minimum atomic E-state index is -0.608. The molecule has 230 valence electrons. The smallest absolute Gasteiger partial charge is 0.308 e. The first-order chi connectivity index (χ1) is 20.8. The Labute approximate surface area is 252 Å².